The normalized spacial score (nSPS) is 44.6. The van der Waals surface area contributed by atoms with E-state index in [0.29, 0.717) is 17.6 Å². The predicted octanol–water partition coefficient (Wildman–Crippen LogP) is 7.24. The van der Waals surface area contributed by atoms with E-state index in [4.69, 9.17) is 0 Å². The molecule has 0 radical (unpaired) electrons. The van der Waals surface area contributed by atoms with Crippen LogP contribution in [0.4, 0.5) is 0 Å². The van der Waals surface area contributed by atoms with Crippen molar-refractivity contribution >= 4 is 5.78 Å². The molecular weight excluding hydrogens is 388 g/mol. The van der Waals surface area contributed by atoms with Crippen LogP contribution in [-0.2, 0) is 4.79 Å². The molecule has 0 heterocycles. The zero-order valence-electron chi connectivity index (χ0n) is 19.1. The highest BCUT2D eigenvalue weighted by Crippen LogP contribution is 2.71. The summed E-state index contributed by atoms with van der Waals surface area (Å²) >= 11 is 0. The van der Waals surface area contributed by atoms with Gasteiger partial charge in [0, 0.05) is 11.8 Å². The molecule has 2 aromatic rings. The van der Waals surface area contributed by atoms with E-state index in [2.05, 4.69) is 60.7 Å². The van der Waals surface area contributed by atoms with Gasteiger partial charge < -0.3 is 0 Å². The predicted molar refractivity (Wildman–Crippen MR) is 128 cm³/mol. The summed E-state index contributed by atoms with van der Waals surface area (Å²) < 4.78 is 0. The number of hydrogen-bond acceptors (Lipinski definition) is 1. The van der Waals surface area contributed by atoms with E-state index in [1.54, 1.807) is 0 Å². The zero-order valence-corrected chi connectivity index (χ0v) is 19.1. The minimum absolute atomic E-state index is 0.114. The molecule has 0 aromatic heterocycles. The number of benzene rings is 2. The van der Waals surface area contributed by atoms with Crippen molar-refractivity contribution in [2.24, 2.45) is 47.3 Å². The fourth-order valence-electron chi connectivity index (χ4n) is 10.1. The van der Waals surface area contributed by atoms with Gasteiger partial charge in [0.1, 0.15) is 5.78 Å². The Morgan fingerprint density at radius 3 is 1.78 bits per heavy atom. The van der Waals surface area contributed by atoms with Crippen molar-refractivity contribution in [2.75, 3.05) is 0 Å². The van der Waals surface area contributed by atoms with Crippen molar-refractivity contribution in [3.05, 3.63) is 71.8 Å². The third-order valence-corrected chi connectivity index (χ3v) is 10.8. The molecule has 0 bridgehead atoms. The summed E-state index contributed by atoms with van der Waals surface area (Å²) in [4.78, 5) is 14.2. The number of Topliss-reactive ketones (excluding diaryl/α,β-unsaturated/α-hetero) is 1. The van der Waals surface area contributed by atoms with Crippen molar-refractivity contribution in [2.45, 2.75) is 63.2 Å². The average Bonchev–Trinajstić information content (AvgIpc) is 3.33. The van der Waals surface area contributed by atoms with Crippen LogP contribution in [-0.4, -0.2) is 5.78 Å². The molecule has 10 atom stereocenters. The van der Waals surface area contributed by atoms with Gasteiger partial charge >= 0.3 is 0 Å². The summed E-state index contributed by atoms with van der Waals surface area (Å²) in [6.07, 6.45) is 11.5. The van der Waals surface area contributed by atoms with Crippen molar-refractivity contribution in [3.8, 4) is 0 Å². The van der Waals surface area contributed by atoms with Crippen molar-refractivity contribution in [1.82, 2.24) is 0 Å². The van der Waals surface area contributed by atoms with E-state index < -0.39 is 0 Å². The first-order valence-corrected chi connectivity index (χ1v) is 13.5. The minimum Gasteiger partial charge on any atom is -0.298 e. The van der Waals surface area contributed by atoms with Gasteiger partial charge in [0.15, 0.2) is 0 Å². The molecule has 5 saturated carbocycles. The maximum Gasteiger partial charge on any atom is 0.148 e. The summed E-state index contributed by atoms with van der Waals surface area (Å²) in [5, 5.41) is 0. The van der Waals surface area contributed by atoms with Gasteiger partial charge in [-0.25, -0.2) is 0 Å². The van der Waals surface area contributed by atoms with Gasteiger partial charge in [0.05, 0.1) is 0 Å². The highest BCUT2D eigenvalue weighted by molar-refractivity contribution is 5.95. The maximum atomic E-state index is 14.2. The fourth-order valence-corrected chi connectivity index (χ4v) is 10.1. The Kier molecular flexibility index (Phi) is 4.63. The molecule has 166 valence electrons. The molecular formula is C31H36O. The van der Waals surface area contributed by atoms with Crippen LogP contribution in [0.1, 0.15) is 74.3 Å². The number of carbonyl (C=O) groups is 1. The Balaban J connectivity index is 1.37. The molecule has 1 heteroatoms. The third kappa shape index (κ3) is 2.72. The lowest BCUT2D eigenvalue weighted by atomic mass is 9.53. The molecule has 5 aliphatic rings. The largest absolute Gasteiger partial charge is 0.298 e. The number of ketones is 1. The Morgan fingerprint density at radius 1 is 0.531 bits per heavy atom. The molecule has 7 rings (SSSR count). The van der Waals surface area contributed by atoms with Crippen molar-refractivity contribution in [1.29, 1.82) is 0 Å². The fraction of sp³-hybridized carbons (Fsp3) is 0.581. The highest BCUT2D eigenvalue weighted by Gasteiger charge is 2.66. The Morgan fingerprint density at radius 2 is 1.09 bits per heavy atom. The van der Waals surface area contributed by atoms with Crippen LogP contribution < -0.4 is 0 Å². The summed E-state index contributed by atoms with van der Waals surface area (Å²) in [6.45, 7) is 0. The van der Waals surface area contributed by atoms with Crippen LogP contribution >= 0.6 is 0 Å². The first-order chi connectivity index (χ1) is 15.8. The highest BCUT2D eigenvalue weighted by atomic mass is 16.1. The van der Waals surface area contributed by atoms with Crippen LogP contribution in [0.2, 0.25) is 0 Å². The van der Waals surface area contributed by atoms with Gasteiger partial charge in [-0.3, -0.25) is 4.79 Å². The molecule has 0 amide bonds. The number of hydrogen-bond donors (Lipinski definition) is 0. The van der Waals surface area contributed by atoms with Gasteiger partial charge in [-0.2, -0.15) is 0 Å². The SMILES string of the molecule is O=C1C(c2ccccc2)C2C3CCCC4C5CCCCC5CC(C43)C2C1c1ccccc1. The summed E-state index contributed by atoms with van der Waals surface area (Å²) in [5.41, 5.74) is 2.59. The molecule has 1 nitrogen and oxygen atoms in total. The Hall–Kier alpha value is -1.89. The van der Waals surface area contributed by atoms with E-state index in [1.165, 1.54) is 62.5 Å². The van der Waals surface area contributed by atoms with Crippen LogP contribution in [0, 0.1) is 47.3 Å². The molecule has 10 unspecified atom stereocenters. The smallest absolute Gasteiger partial charge is 0.148 e. The second kappa shape index (κ2) is 7.57. The first kappa shape index (κ1) is 19.6. The van der Waals surface area contributed by atoms with Crippen LogP contribution in [0.5, 0.6) is 0 Å². The lowest BCUT2D eigenvalue weighted by Gasteiger charge is -2.52. The van der Waals surface area contributed by atoms with Gasteiger partial charge in [-0.1, -0.05) is 86.3 Å². The Bertz CT molecular complexity index is 980. The van der Waals surface area contributed by atoms with E-state index in [0.717, 1.165) is 35.5 Å². The molecule has 0 aliphatic heterocycles. The molecule has 5 fully saturated rings. The second-order valence-electron chi connectivity index (χ2n) is 11.8. The van der Waals surface area contributed by atoms with E-state index >= 15 is 0 Å². The van der Waals surface area contributed by atoms with E-state index in [9.17, 15) is 4.79 Å². The third-order valence-electron chi connectivity index (χ3n) is 10.8. The van der Waals surface area contributed by atoms with Crippen LogP contribution in [0.15, 0.2) is 60.7 Å². The van der Waals surface area contributed by atoms with Gasteiger partial charge in [0.2, 0.25) is 0 Å². The number of fused-ring (bicyclic) bond motifs is 5. The summed E-state index contributed by atoms with van der Waals surface area (Å²) in [5.74, 6) is 7.21. The van der Waals surface area contributed by atoms with E-state index in [1.807, 2.05) is 0 Å². The topological polar surface area (TPSA) is 17.1 Å². The van der Waals surface area contributed by atoms with Gasteiger partial charge in [0.25, 0.3) is 0 Å². The quantitative estimate of drug-likeness (QED) is 0.496. The van der Waals surface area contributed by atoms with Gasteiger partial charge in [-0.15, -0.1) is 0 Å². The second-order valence-corrected chi connectivity index (χ2v) is 11.8. The lowest BCUT2D eigenvalue weighted by molar-refractivity contribution is -0.122. The zero-order chi connectivity index (χ0) is 21.2. The molecule has 2 aromatic carbocycles. The monoisotopic (exact) mass is 424 g/mol. The first-order valence-electron chi connectivity index (χ1n) is 13.5. The molecule has 0 N–H and O–H groups in total. The van der Waals surface area contributed by atoms with Crippen LogP contribution in [0.25, 0.3) is 0 Å². The van der Waals surface area contributed by atoms with Crippen LogP contribution in [0.3, 0.4) is 0 Å². The molecule has 0 spiro atoms. The summed E-state index contributed by atoms with van der Waals surface area (Å²) in [6, 6.07) is 21.8. The van der Waals surface area contributed by atoms with E-state index in [-0.39, 0.29) is 11.8 Å². The molecule has 5 aliphatic carbocycles. The average molecular weight is 425 g/mol. The number of carbonyl (C=O) groups excluding carboxylic acids is 1. The summed E-state index contributed by atoms with van der Waals surface area (Å²) in [7, 11) is 0. The minimum atomic E-state index is 0.114. The molecule has 0 saturated heterocycles. The van der Waals surface area contributed by atoms with Crippen molar-refractivity contribution < 1.29 is 4.79 Å². The standard InChI is InChI=1S/C31H36O/c32-31-26(19-10-3-1-4-11-19)29-24-17-9-16-23-22-15-8-7-14-21(22)18-25(28(23)24)30(29)27(31)20-12-5-2-6-13-20/h1-6,10-13,21-30H,7-9,14-18H2. The molecule has 32 heavy (non-hydrogen) atoms. The lowest BCUT2D eigenvalue weighted by Crippen LogP contribution is -2.45. The van der Waals surface area contributed by atoms with Gasteiger partial charge in [-0.05, 0) is 84.2 Å². The Labute approximate surface area is 193 Å². The number of rotatable bonds is 2. The van der Waals surface area contributed by atoms with Crippen molar-refractivity contribution in [3.63, 3.8) is 0 Å². The maximum absolute atomic E-state index is 14.2.